The second-order valence-electron chi connectivity index (χ2n) is 4.60. The lowest BCUT2D eigenvalue weighted by Gasteiger charge is -2.22. The van der Waals surface area contributed by atoms with Gasteiger partial charge in [0, 0.05) is 24.2 Å². The summed E-state index contributed by atoms with van der Waals surface area (Å²) in [6.07, 6.45) is 2.27. The molecule has 2 rings (SSSR count). The fourth-order valence-corrected chi connectivity index (χ4v) is 3.37. The molecule has 0 radical (unpaired) electrons. The van der Waals surface area contributed by atoms with Crippen LogP contribution in [-0.2, 0) is 0 Å². The minimum absolute atomic E-state index is 0.521. The molecule has 5 heteroatoms. The fourth-order valence-electron chi connectivity index (χ4n) is 2.32. The zero-order valence-electron chi connectivity index (χ0n) is 10.3. The topological polar surface area (TPSA) is 15.3 Å². The third-order valence-corrected chi connectivity index (χ3v) is 3.96. The van der Waals surface area contributed by atoms with Gasteiger partial charge in [0.1, 0.15) is 0 Å². The van der Waals surface area contributed by atoms with Gasteiger partial charge in [-0.1, -0.05) is 41.7 Å². The number of hydrogen-bond acceptors (Lipinski definition) is 2. The van der Waals surface area contributed by atoms with Crippen LogP contribution in [0, 0.1) is 0 Å². The standard InChI is InChI=1S/C13H17Cl3N2/c1-2-4-17-10-3-5-18(8-10)13-11(15)6-9(14)7-12(13)16/h6-7,10,17H,2-5,8H2,1H3. The number of benzene rings is 1. The van der Waals surface area contributed by atoms with E-state index < -0.39 is 0 Å². The molecule has 0 saturated carbocycles. The quantitative estimate of drug-likeness (QED) is 0.895. The van der Waals surface area contributed by atoms with Crippen molar-refractivity contribution in [3.8, 4) is 0 Å². The summed E-state index contributed by atoms with van der Waals surface area (Å²) < 4.78 is 0. The highest BCUT2D eigenvalue weighted by Crippen LogP contribution is 2.38. The summed E-state index contributed by atoms with van der Waals surface area (Å²) in [5.41, 5.74) is 0.906. The van der Waals surface area contributed by atoms with Crippen LogP contribution in [0.5, 0.6) is 0 Å². The van der Waals surface area contributed by atoms with Gasteiger partial charge in [-0.05, 0) is 31.5 Å². The Bertz CT molecular complexity index is 400. The van der Waals surface area contributed by atoms with Crippen molar-refractivity contribution in [2.24, 2.45) is 0 Å². The summed E-state index contributed by atoms with van der Waals surface area (Å²) in [4.78, 5) is 2.23. The summed E-state index contributed by atoms with van der Waals surface area (Å²) in [5, 5.41) is 5.36. The highest BCUT2D eigenvalue weighted by molar-refractivity contribution is 6.41. The molecular formula is C13H17Cl3N2. The molecule has 0 aromatic heterocycles. The first-order valence-corrected chi connectivity index (χ1v) is 7.38. The highest BCUT2D eigenvalue weighted by atomic mass is 35.5. The molecule has 1 heterocycles. The van der Waals surface area contributed by atoms with Gasteiger partial charge in [0.25, 0.3) is 0 Å². The highest BCUT2D eigenvalue weighted by Gasteiger charge is 2.25. The average molecular weight is 308 g/mol. The van der Waals surface area contributed by atoms with Crippen LogP contribution in [0.1, 0.15) is 19.8 Å². The van der Waals surface area contributed by atoms with E-state index in [9.17, 15) is 0 Å². The molecule has 0 spiro atoms. The molecule has 1 N–H and O–H groups in total. The molecule has 1 aromatic carbocycles. The molecule has 1 fully saturated rings. The van der Waals surface area contributed by atoms with E-state index in [4.69, 9.17) is 34.8 Å². The minimum Gasteiger partial charge on any atom is -0.367 e. The maximum atomic E-state index is 6.24. The van der Waals surface area contributed by atoms with Gasteiger partial charge in [-0.25, -0.2) is 0 Å². The van der Waals surface area contributed by atoms with Gasteiger partial charge in [0.05, 0.1) is 15.7 Å². The van der Waals surface area contributed by atoms with Gasteiger partial charge in [-0.3, -0.25) is 0 Å². The predicted molar refractivity (Wildman–Crippen MR) is 80.4 cm³/mol. The molecule has 1 atom stereocenters. The monoisotopic (exact) mass is 306 g/mol. The summed E-state index contributed by atoms with van der Waals surface area (Å²) >= 11 is 18.4. The minimum atomic E-state index is 0.521. The maximum Gasteiger partial charge on any atom is 0.0746 e. The molecule has 0 amide bonds. The van der Waals surface area contributed by atoms with Gasteiger partial charge in [-0.2, -0.15) is 0 Å². The Kier molecular flexibility index (Phi) is 5.02. The molecule has 1 unspecified atom stereocenters. The van der Waals surface area contributed by atoms with Crippen LogP contribution in [0.25, 0.3) is 0 Å². The first-order chi connectivity index (χ1) is 8.61. The first-order valence-electron chi connectivity index (χ1n) is 6.24. The van der Waals surface area contributed by atoms with Crippen molar-refractivity contribution in [1.82, 2.24) is 5.32 Å². The molecule has 0 bridgehead atoms. The van der Waals surface area contributed by atoms with E-state index in [1.807, 2.05) is 0 Å². The van der Waals surface area contributed by atoms with E-state index in [-0.39, 0.29) is 0 Å². The number of rotatable bonds is 4. The van der Waals surface area contributed by atoms with E-state index in [2.05, 4.69) is 17.1 Å². The second-order valence-corrected chi connectivity index (χ2v) is 5.85. The van der Waals surface area contributed by atoms with Gasteiger partial charge in [-0.15, -0.1) is 0 Å². The van der Waals surface area contributed by atoms with E-state index >= 15 is 0 Å². The smallest absolute Gasteiger partial charge is 0.0746 e. The van der Waals surface area contributed by atoms with Crippen molar-refractivity contribution in [2.45, 2.75) is 25.8 Å². The summed E-state index contributed by atoms with van der Waals surface area (Å²) in [5.74, 6) is 0. The van der Waals surface area contributed by atoms with Gasteiger partial charge in [0.15, 0.2) is 0 Å². The van der Waals surface area contributed by atoms with Crippen molar-refractivity contribution in [2.75, 3.05) is 24.5 Å². The van der Waals surface area contributed by atoms with E-state index in [1.165, 1.54) is 0 Å². The van der Waals surface area contributed by atoms with Crippen LogP contribution in [0.4, 0.5) is 5.69 Å². The van der Waals surface area contributed by atoms with Crippen LogP contribution in [0.3, 0.4) is 0 Å². The Balaban J connectivity index is 2.09. The Labute approximate surface area is 123 Å². The molecule has 100 valence electrons. The summed E-state index contributed by atoms with van der Waals surface area (Å²) in [7, 11) is 0. The lowest BCUT2D eigenvalue weighted by molar-refractivity contribution is 0.549. The molecule has 2 nitrogen and oxygen atoms in total. The zero-order valence-corrected chi connectivity index (χ0v) is 12.6. The largest absolute Gasteiger partial charge is 0.367 e. The molecular weight excluding hydrogens is 291 g/mol. The molecule has 1 aliphatic rings. The Morgan fingerprint density at radius 1 is 1.28 bits per heavy atom. The molecule has 0 aliphatic carbocycles. The van der Waals surface area contributed by atoms with Crippen molar-refractivity contribution in [3.63, 3.8) is 0 Å². The van der Waals surface area contributed by atoms with Crippen LogP contribution >= 0.6 is 34.8 Å². The van der Waals surface area contributed by atoms with Crippen LogP contribution in [-0.4, -0.2) is 25.7 Å². The number of anilines is 1. The number of nitrogens with one attached hydrogen (secondary N) is 1. The predicted octanol–water partition coefficient (Wildman–Crippen LogP) is 4.23. The third-order valence-electron chi connectivity index (χ3n) is 3.17. The Hall–Kier alpha value is -0.150. The SMILES string of the molecule is CCCNC1CCN(c2c(Cl)cc(Cl)cc2Cl)C1. The lowest BCUT2D eigenvalue weighted by Crippen LogP contribution is -2.33. The normalized spacial score (nSPS) is 19.6. The average Bonchev–Trinajstić information content (AvgIpc) is 2.73. The fraction of sp³-hybridized carbons (Fsp3) is 0.538. The Morgan fingerprint density at radius 2 is 1.94 bits per heavy atom. The second kappa shape index (κ2) is 6.33. The number of halogens is 3. The van der Waals surface area contributed by atoms with E-state index in [0.717, 1.165) is 38.2 Å². The third kappa shape index (κ3) is 3.24. The van der Waals surface area contributed by atoms with Gasteiger partial charge in [0.2, 0.25) is 0 Å². The molecule has 1 saturated heterocycles. The number of nitrogens with zero attached hydrogens (tertiary/aromatic N) is 1. The summed E-state index contributed by atoms with van der Waals surface area (Å²) in [6, 6.07) is 4.02. The van der Waals surface area contributed by atoms with Crippen LogP contribution in [0.15, 0.2) is 12.1 Å². The van der Waals surface area contributed by atoms with E-state index in [0.29, 0.717) is 21.1 Å². The Morgan fingerprint density at radius 3 is 2.56 bits per heavy atom. The number of hydrogen-bond donors (Lipinski definition) is 1. The van der Waals surface area contributed by atoms with Gasteiger partial charge < -0.3 is 10.2 Å². The molecule has 18 heavy (non-hydrogen) atoms. The van der Waals surface area contributed by atoms with E-state index in [1.54, 1.807) is 12.1 Å². The molecule has 1 aliphatic heterocycles. The van der Waals surface area contributed by atoms with Crippen molar-refractivity contribution < 1.29 is 0 Å². The lowest BCUT2D eigenvalue weighted by atomic mass is 10.2. The molecule has 1 aromatic rings. The van der Waals surface area contributed by atoms with Crippen LogP contribution < -0.4 is 10.2 Å². The van der Waals surface area contributed by atoms with Crippen molar-refractivity contribution >= 4 is 40.5 Å². The summed E-state index contributed by atoms with van der Waals surface area (Å²) in [6.45, 7) is 5.15. The maximum absolute atomic E-state index is 6.24. The van der Waals surface area contributed by atoms with Crippen molar-refractivity contribution in [1.29, 1.82) is 0 Å². The first kappa shape index (κ1) is 14.3. The zero-order chi connectivity index (χ0) is 13.1. The van der Waals surface area contributed by atoms with Gasteiger partial charge >= 0.3 is 0 Å². The van der Waals surface area contributed by atoms with Crippen LogP contribution in [0.2, 0.25) is 15.1 Å². The van der Waals surface area contributed by atoms with Crippen molar-refractivity contribution in [3.05, 3.63) is 27.2 Å².